The molecule has 66 valence electrons. The Morgan fingerprint density at radius 1 is 1.77 bits per heavy atom. The molecule has 0 bridgehead atoms. The highest BCUT2D eigenvalue weighted by Crippen LogP contribution is 2.11. The Kier molecular flexibility index (Phi) is 2.57. The van der Waals surface area contributed by atoms with E-state index in [1.165, 1.54) is 12.3 Å². The minimum Gasteiger partial charge on any atom is -0.480 e. The fourth-order valence-electron chi connectivity index (χ4n) is 0.877. The predicted octanol–water partition coefficient (Wildman–Crippen LogP) is 0.0377. The monoisotopic (exact) mass is 177 g/mol. The number of aliphatic carboxylic acids is 1. The molecular formula is C8H7N3O2. The van der Waals surface area contributed by atoms with Gasteiger partial charge in [-0.1, -0.05) is 0 Å². The molecule has 5 nitrogen and oxygen atoms in total. The van der Waals surface area contributed by atoms with Crippen LogP contribution >= 0.6 is 0 Å². The van der Waals surface area contributed by atoms with Crippen molar-refractivity contribution in [1.82, 2.24) is 4.98 Å². The van der Waals surface area contributed by atoms with E-state index in [0.29, 0.717) is 0 Å². The van der Waals surface area contributed by atoms with Crippen molar-refractivity contribution in [3.05, 3.63) is 29.6 Å². The van der Waals surface area contributed by atoms with Crippen LogP contribution in [-0.4, -0.2) is 16.1 Å². The number of pyridine rings is 1. The first-order valence-corrected chi connectivity index (χ1v) is 3.50. The van der Waals surface area contributed by atoms with Crippen molar-refractivity contribution in [3.63, 3.8) is 0 Å². The molecule has 0 saturated carbocycles. The molecule has 1 aromatic heterocycles. The molecular weight excluding hydrogens is 170 g/mol. The standard InChI is InChI=1S/C8H7N3O2/c9-4-5-2-1-3-11-7(5)6(10)8(12)13/h1-3,6H,10H2,(H,12,13). The van der Waals surface area contributed by atoms with Gasteiger partial charge in [0.15, 0.2) is 0 Å². The molecule has 0 radical (unpaired) electrons. The molecule has 0 fully saturated rings. The summed E-state index contributed by atoms with van der Waals surface area (Å²) in [6.45, 7) is 0. The zero-order chi connectivity index (χ0) is 9.84. The number of carbonyl (C=O) groups is 1. The third kappa shape index (κ3) is 1.80. The quantitative estimate of drug-likeness (QED) is 0.664. The Morgan fingerprint density at radius 2 is 2.46 bits per heavy atom. The fraction of sp³-hybridized carbons (Fsp3) is 0.125. The highest BCUT2D eigenvalue weighted by atomic mass is 16.4. The van der Waals surface area contributed by atoms with E-state index in [4.69, 9.17) is 16.1 Å². The maximum Gasteiger partial charge on any atom is 0.326 e. The lowest BCUT2D eigenvalue weighted by Gasteiger charge is -2.05. The summed E-state index contributed by atoms with van der Waals surface area (Å²) in [5, 5.41) is 17.2. The minimum absolute atomic E-state index is 0.0949. The van der Waals surface area contributed by atoms with E-state index < -0.39 is 12.0 Å². The van der Waals surface area contributed by atoms with Crippen molar-refractivity contribution in [2.75, 3.05) is 0 Å². The van der Waals surface area contributed by atoms with Crippen molar-refractivity contribution in [3.8, 4) is 6.07 Å². The molecule has 0 aromatic carbocycles. The molecule has 0 amide bonds. The molecule has 0 spiro atoms. The minimum atomic E-state index is -1.24. The van der Waals surface area contributed by atoms with E-state index in [2.05, 4.69) is 4.98 Å². The van der Waals surface area contributed by atoms with Gasteiger partial charge in [-0.2, -0.15) is 5.26 Å². The van der Waals surface area contributed by atoms with Gasteiger partial charge < -0.3 is 10.8 Å². The van der Waals surface area contributed by atoms with E-state index in [-0.39, 0.29) is 11.3 Å². The summed E-state index contributed by atoms with van der Waals surface area (Å²) in [4.78, 5) is 14.2. The van der Waals surface area contributed by atoms with Gasteiger partial charge in [0, 0.05) is 6.20 Å². The van der Waals surface area contributed by atoms with Crippen LogP contribution in [0.3, 0.4) is 0 Å². The topological polar surface area (TPSA) is 100 Å². The number of nitrogens with two attached hydrogens (primary N) is 1. The summed E-state index contributed by atoms with van der Waals surface area (Å²) in [6, 6.07) is 3.62. The normalized spacial score (nSPS) is 11.7. The zero-order valence-electron chi connectivity index (χ0n) is 6.64. The van der Waals surface area contributed by atoms with Gasteiger partial charge >= 0.3 is 5.97 Å². The Balaban J connectivity index is 3.15. The number of aromatic nitrogens is 1. The summed E-state index contributed by atoms with van der Waals surface area (Å²) < 4.78 is 0. The number of carboxylic acids is 1. The Labute approximate surface area is 74.4 Å². The lowest BCUT2D eigenvalue weighted by Crippen LogP contribution is -2.22. The highest BCUT2D eigenvalue weighted by Gasteiger charge is 2.18. The van der Waals surface area contributed by atoms with Crippen LogP contribution in [0, 0.1) is 11.3 Å². The molecule has 1 atom stereocenters. The zero-order valence-corrected chi connectivity index (χ0v) is 6.64. The number of carboxylic acid groups (broad SMARTS) is 1. The molecule has 0 saturated heterocycles. The molecule has 0 aliphatic rings. The summed E-state index contributed by atoms with van der Waals surface area (Å²) in [5.41, 5.74) is 5.59. The van der Waals surface area contributed by atoms with E-state index in [1.807, 2.05) is 6.07 Å². The van der Waals surface area contributed by atoms with Crippen LogP contribution in [0.5, 0.6) is 0 Å². The maximum atomic E-state index is 10.5. The smallest absolute Gasteiger partial charge is 0.326 e. The summed E-state index contributed by atoms with van der Waals surface area (Å²) in [7, 11) is 0. The number of nitrogens with zero attached hydrogens (tertiary/aromatic N) is 2. The van der Waals surface area contributed by atoms with Crippen LogP contribution in [0.4, 0.5) is 0 Å². The average molecular weight is 177 g/mol. The van der Waals surface area contributed by atoms with Gasteiger partial charge in [-0.05, 0) is 12.1 Å². The Morgan fingerprint density at radius 3 is 3.00 bits per heavy atom. The second-order valence-electron chi connectivity index (χ2n) is 2.36. The second-order valence-corrected chi connectivity index (χ2v) is 2.36. The molecule has 13 heavy (non-hydrogen) atoms. The van der Waals surface area contributed by atoms with Gasteiger partial charge in [-0.3, -0.25) is 9.78 Å². The Hall–Kier alpha value is -1.93. The fourth-order valence-corrected chi connectivity index (χ4v) is 0.877. The number of hydrogen-bond donors (Lipinski definition) is 2. The van der Waals surface area contributed by atoms with Crippen molar-refractivity contribution in [2.45, 2.75) is 6.04 Å². The van der Waals surface area contributed by atoms with Crippen molar-refractivity contribution in [1.29, 1.82) is 5.26 Å². The summed E-state index contributed by atoms with van der Waals surface area (Å²) >= 11 is 0. The van der Waals surface area contributed by atoms with Gasteiger partial charge in [0.05, 0.1) is 11.3 Å². The van der Waals surface area contributed by atoms with Crippen LogP contribution in [0.15, 0.2) is 18.3 Å². The second kappa shape index (κ2) is 3.65. The maximum absolute atomic E-state index is 10.5. The van der Waals surface area contributed by atoms with E-state index >= 15 is 0 Å². The summed E-state index contributed by atoms with van der Waals surface area (Å²) in [5.74, 6) is -1.20. The molecule has 3 N–H and O–H groups in total. The molecule has 1 unspecified atom stereocenters. The number of rotatable bonds is 2. The van der Waals surface area contributed by atoms with Crippen molar-refractivity contribution in [2.24, 2.45) is 5.73 Å². The molecule has 1 rings (SSSR count). The van der Waals surface area contributed by atoms with E-state index in [1.54, 1.807) is 6.07 Å². The molecule has 0 aliphatic heterocycles. The first-order valence-electron chi connectivity index (χ1n) is 3.50. The first kappa shape index (κ1) is 9.16. The Bertz CT molecular complexity index is 370. The van der Waals surface area contributed by atoms with E-state index in [9.17, 15) is 4.79 Å². The molecule has 5 heteroatoms. The van der Waals surface area contributed by atoms with Gasteiger partial charge in [-0.25, -0.2) is 0 Å². The average Bonchev–Trinajstić information content (AvgIpc) is 2.16. The van der Waals surface area contributed by atoms with Crippen molar-refractivity contribution < 1.29 is 9.90 Å². The predicted molar refractivity (Wildman–Crippen MR) is 43.5 cm³/mol. The van der Waals surface area contributed by atoms with Gasteiger partial charge in [0.25, 0.3) is 0 Å². The van der Waals surface area contributed by atoms with Gasteiger partial charge in [-0.15, -0.1) is 0 Å². The highest BCUT2D eigenvalue weighted by molar-refractivity contribution is 5.75. The number of hydrogen-bond acceptors (Lipinski definition) is 4. The molecule has 1 heterocycles. The van der Waals surface area contributed by atoms with Crippen LogP contribution in [0.2, 0.25) is 0 Å². The van der Waals surface area contributed by atoms with Gasteiger partial charge in [0.1, 0.15) is 12.1 Å². The first-order chi connectivity index (χ1) is 6.16. The van der Waals surface area contributed by atoms with Crippen LogP contribution in [0.25, 0.3) is 0 Å². The molecule has 0 aliphatic carbocycles. The summed E-state index contributed by atoms with van der Waals surface area (Å²) in [6.07, 6.45) is 1.40. The lowest BCUT2D eigenvalue weighted by molar-refractivity contribution is -0.138. The third-order valence-corrected chi connectivity index (χ3v) is 1.52. The lowest BCUT2D eigenvalue weighted by atomic mass is 10.1. The molecule has 1 aromatic rings. The SMILES string of the molecule is N#Cc1cccnc1C(N)C(=O)O. The van der Waals surface area contributed by atoms with Crippen molar-refractivity contribution >= 4 is 5.97 Å². The largest absolute Gasteiger partial charge is 0.480 e. The van der Waals surface area contributed by atoms with Crippen LogP contribution in [0.1, 0.15) is 17.3 Å². The van der Waals surface area contributed by atoms with Crippen LogP contribution in [-0.2, 0) is 4.79 Å². The number of nitriles is 1. The third-order valence-electron chi connectivity index (χ3n) is 1.52. The van der Waals surface area contributed by atoms with Crippen LogP contribution < -0.4 is 5.73 Å². The van der Waals surface area contributed by atoms with E-state index in [0.717, 1.165) is 0 Å². The van der Waals surface area contributed by atoms with Gasteiger partial charge in [0.2, 0.25) is 0 Å².